The summed E-state index contributed by atoms with van der Waals surface area (Å²) in [5.74, 6) is 0.298. The van der Waals surface area contributed by atoms with Crippen molar-refractivity contribution in [3.05, 3.63) is 77.3 Å². The molecule has 9 nitrogen and oxygen atoms in total. The summed E-state index contributed by atoms with van der Waals surface area (Å²) in [6.07, 6.45) is 1.41. The number of anilines is 2. The lowest BCUT2D eigenvalue weighted by molar-refractivity contribution is -0.123. The molecule has 0 atom stereocenters. The number of ether oxygens (including phenoxy) is 2. The van der Waals surface area contributed by atoms with Gasteiger partial charge in [-0.15, -0.1) is 0 Å². The lowest BCUT2D eigenvalue weighted by Crippen LogP contribution is -2.24. The second-order valence-corrected chi connectivity index (χ2v) is 7.06. The summed E-state index contributed by atoms with van der Waals surface area (Å²) in [5.41, 5.74) is 4.13. The van der Waals surface area contributed by atoms with Gasteiger partial charge < -0.3 is 25.2 Å². The first-order valence-electron chi connectivity index (χ1n) is 9.68. The van der Waals surface area contributed by atoms with E-state index in [1.807, 2.05) is 0 Å². The summed E-state index contributed by atoms with van der Waals surface area (Å²) in [4.78, 5) is 24.0. The number of carbonyl (C=O) groups is 2. The molecule has 0 unspecified atom stereocenters. The van der Waals surface area contributed by atoms with Crippen LogP contribution in [0.25, 0.3) is 0 Å². The molecule has 0 bridgehead atoms. The molecule has 3 aromatic carbocycles. The summed E-state index contributed by atoms with van der Waals surface area (Å²) in [5, 5.41) is 19.4. The number of hydrazone groups is 1. The van der Waals surface area contributed by atoms with Gasteiger partial charge in [0.2, 0.25) is 0 Å². The molecule has 0 aromatic heterocycles. The third kappa shape index (κ3) is 7.44. The standard InChI is InChI=1S/C23H21ClN4O5/c1-32-21-12-15(2-11-20(21)29)13-25-28-22(30)14-33-19-9-7-18(8-10-19)27-23(31)26-17-5-3-16(24)4-6-17/h2-13,29H,14H2,1H3,(H,28,30)(H2,26,27,31)/b25-13+. The van der Waals surface area contributed by atoms with Crippen molar-refractivity contribution in [2.45, 2.75) is 0 Å². The van der Waals surface area contributed by atoms with Crippen LogP contribution in [0.15, 0.2) is 71.8 Å². The van der Waals surface area contributed by atoms with Gasteiger partial charge in [0, 0.05) is 16.4 Å². The van der Waals surface area contributed by atoms with E-state index in [2.05, 4.69) is 21.2 Å². The van der Waals surface area contributed by atoms with Gasteiger partial charge in [0.15, 0.2) is 18.1 Å². The minimum Gasteiger partial charge on any atom is -0.504 e. The Morgan fingerprint density at radius 1 is 1.00 bits per heavy atom. The number of rotatable bonds is 8. The summed E-state index contributed by atoms with van der Waals surface area (Å²) >= 11 is 5.82. The third-order valence-electron chi connectivity index (χ3n) is 4.19. The van der Waals surface area contributed by atoms with Crippen molar-refractivity contribution in [2.75, 3.05) is 24.4 Å². The van der Waals surface area contributed by atoms with E-state index in [0.29, 0.717) is 33.5 Å². The minimum atomic E-state index is -0.457. The Morgan fingerprint density at radius 3 is 2.27 bits per heavy atom. The lowest BCUT2D eigenvalue weighted by Gasteiger charge is -2.09. The fourth-order valence-electron chi connectivity index (χ4n) is 2.60. The summed E-state index contributed by atoms with van der Waals surface area (Å²) < 4.78 is 10.4. The van der Waals surface area contributed by atoms with Gasteiger partial charge in [0.25, 0.3) is 5.91 Å². The number of carbonyl (C=O) groups excluding carboxylic acids is 2. The fourth-order valence-corrected chi connectivity index (χ4v) is 2.72. The molecule has 0 aliphatic rings. The first-order valence-corrected chi connectivity index (χ1v) is 10.1. The zero-order valence-electron chi connectivity index (χ0n) is 17.5. The number of benzene rings is 3. The van der Waals surface area contributed by atoms with Crippen LogP contribution < -0.4 is 25.5 Å². The van der Waals surface area contributed by atoms with Crippen molar-refractivity contribution >= 4 is 41.1 Å². The smallest absolute Gasteiger partial charge is 0.323 e. The molecule has 33 heavy (non-hydrogen) atoms. The van der Waals surface area contributed by atoms with E-state index in [1.54, 1.807) is 60.7 Å². The molecule has 0 aliphatic heterocycles. The predicted octanol–water partition coefficient (Wildman–Crippen LogP) is 4.23. The molecule has 0 heterocycles. The molecular weight excluding hydrogens is 448 g/mol. The molecule has 3 amide bonds. The quantitative estimate of drug-likeness (QED) is 0.291. The molecule has 3 rings (SSSR count). The number of methoxy groups -OCH3 is 1. The second-order valence-electron chi connectivity index (χ2n) is 6.62. The maximum atomic E-state index is 12.0. The van der Waals surface area contributed by atoms with Gasteiger partial charge in [-0.3, -0.25) is 4.79 Å². The van der Waals surface area contributed by atoms with Gasteiger partial charge in [0.1, 0.15) is 5.75 Å². The lowest BCUT2D eigenvalue weighted by atomic mass is 10.2. The van der Waals surface area contributed by atoms with Gasteiger partial charge in [-0.05, 0) is 72.3 Å². The van der Waals surface area contributed by atoms with E-state index in [0.717, 1.165) is 0 Å². The molecule has 0 fully saturated rings. The van der Waals surface area contributed by atoms with Crippen LogP contribution in [0, 0.1) is 0 Å². The first kappa shape index (κ1) is 23.4. The summed E-state index contributed by atoms with van der Waals surface area (Å²) in [7, 11) is 1.44. The van der Waals surface area contributed by atoms with Crippen LogP contribution in [0.4, 0.5) is 16.2 Å². The topological polar surface area (TPSA) is 121 Å². The van der Waals surface area contributed by atoms with Gasteiger partial charge in [-0.25, -0.2) is 10.2 Å². The number of amides is 3. The molecule has 170 valence electrons. The van der Waals surface area contributed by atoms with Gasteiger partial charge >= 0.3 is 6.03 Å². The van der Waals surface area contributed by atoms with Crippen molar-refractivity contribution in [3.8, 4) is 17.2 Å². The van der Waals surface area contributed by atoms with Gasteiger partial charge in [-0.1, -0.05) is 11.6 Å². The van der Waals surface area contributed by atoms with E-state index in [9.17, 15) is 14.7 Å². The molecule has 0 saturated carbocycles. The Hall–Kier alpha value is -4.24. The zero-order chi connectivity index (χ0) is 23.6. The first-order chi connectivity index (χ1) is 15.9. The van der Waals surface area contributed by atoms with E-state index in [4.69, 9.17) is 21.1 Å². The van der Waals surface area contributed by atoms with Crippen LogP contribution in [0.2, 0.25) is 5.02 Å². The highest BCUT2D eigenvalue weighted by atomic mass is 35.5. The van der Waals surface area contributed by atoms with Crippen LogP contribution in [-0.2, 0) is 4.79 Å². The van der Waals surface area contributed by atoms with Gasteiger partial charge in [0.05, 0.1) is 13.3 Å². The normalized spacial score (nSPS) is 10.5. The van der Waals surface area contributed by atoms with Crippen molar-refractivity contribution in [1.82, 2.24) is 5.43 Å². The predicted molar refractivity (Wildman–Crippen MR) is 126 cm³/mol. The molecule has 10 heteroatoms. The molecule has 3 aromatic rings. The maximum absolute atomic E-state index is 12.0. The Bertz CT molecular complexity index is 1130. The van der Waals surface area contributed by atoms with Crippen molar-refractivity contribution < 1.29 is 24.2 Å². The molecule has 4 N–H and O–H groups in total. The minimum absolute atomic E-state index is 0.00971. The van der Waals surface area contributed by atoms with Crippen molar-refractivity contribution in [3.63, 3.8) is 0 Å². The fraction of sp³-hybridized carbons (Fsp3) is 0.0870. The number of hydrogen-bond donors (Lipinski definition) is 4. The maximum Gasteiger partial charge on any atom is 0.323 e. The van der Waals surface area contributed by atoms with E-state index in [-0.39, 0.29) is 12.4 Å². The zero-order valence-corrected chi connectivity index (χ0v) is 18.3. The Kier molecular flexibility index (Phi) is 8.09. The van der Waals surface area contributed by atoms with Gasteiger partial charge in [-0.2, -0.15) is 5.10 Å². The number of phenols is 1. The number of urea groups is 1. The van der Waals surface area contributed by atoms with Crippen LogP contribution in [0.1, 0.15) is 5.56 Å². The number of phenolic OH excluding ortho intramolecular Hbond substituents is 1. The number of halogens is 1. The summed E-state index contributed by atoms with van der Waals surface area (Å²) in [6.45, 7) is -0.250. The Labute approximate surface area is 195 Å². The molecule has 0 spiro atoms. The third-order valence-corrected chi connectivity index (χ3v) is 4.44. The molecule has 0 aliphatic carbocycles. The SMILES string of the molecule is COc1cc(/C=N/NC(=O)COc2ccc(NC(=O)Nc3ccc(Cl)cc3)cc2)ccc1O. The highest BCUT2D eigenvalue weighted by Gasteiger charge is 2.05. The van der Waals surface area contributed by atoms with Crippen LogP contribution in [0.5, 0.6) is 17.2 Å². The van der Waals surface area contributed by atoms with Crippen molar-refractivity contribution in [1.29, 1.82) is 0 Å². The number of hydrogen-bond acceptors (Lipinski definition) is 6. The molecule has 0 saturated heterocycles. The second kappa shape index (κ2) is 11.4. The molecular formula is C23H21ClN4O5. The Morgan fingerprint density at radius 2 is 1.64 bits per heavy atom. The Balaban J connectivity index is 1.42. The molecule has 0 radical (unpaired) electrons. The number of nitrogens with zero attached hydrogens (tertiary/aromatic N) is 1. The number of aromatic hydroxyl groups is 1. The van der Waals surface area contributed by atoms with Crippen LogP contribution in [0.3, 0.4) is 0 Å². The largest absolute Gasteiger partial charge is 0.504 e. The average molecular weight is 469 g/mol. The number of nitrogens with one attached hydrogen (secondary N) is 3. The monoisotopic (exact) mass is 468 g/mol. The van der Waals surface area contributed by atoms with Crippen LogP contribution in [-0.4, -0.2) is 37.0 Å². The average Bonchev–Trinajstić information content (AvgIpc) is 2.81. The van der Waals surface area contributed by atoms with Crippen molar-refractivity contribution in [2.24, 2.45) is 5.10 Å². The highest BCUT2D eigenvalue weighted by molar-refractivity contribution is 6.30. The van der Waals surface area contributed by atoms with E-state index >= 15 is 0 Å². The van der Waals surface area contributed by atoms with E-state index in [1.165, 1.54) is 19.4 Å². The van der Waals surface area contributed by atoms with Crippen LogP contribution >= 0.6 is 11.6 Å². The highest BCUT2D eigenvalue weighted by Crippen LogP contribution is 2.25. The summed E-state index contributed by atoms with van der Waals surface area (Å²) in [6, 6.07) is 17.5. The van der Waals surface area contributed by atoms with E-state index < -0.39 is 11.9 Å².